The number of hydrogen-bond acceptors (Lipinski definition) is 3. The van der Waals surface area contributed by atoms with Crippen LogP contribution in [-0.2, 0) is 22.7 Å². The smallest absolute Gasteiger partial charge is 0.416 e. The Morgan fingerprint density at radius 3 is 2.34 bits per heavy atom. The van der Waals surface area contributed by atoms with Gasteiger partial charge in [0.1, 0.15) is 22.1 Å². The molecule has 0 N–H and O–H groups in total. The van der Waals surface area contributed by atoms with Crippen LogP contribution in [0.15, 0.2) is 76.4 Å². The Hall–Kier alpha value is -3.00. The van der Waals surface area contributed by atoms with Gasteiger partial charge in [0, 0.05) is 0 Å². The van der Waals surface area contributed by atoms with E-state index >= 15 is 0 Å². The molecule has 3 nitrogen and oxygen atoms in total. The van der Waals surface area contributed by atoms with E-state index in [0.717, 1.165) is 12.1 Å². The quantitative estimate of drug-likeness (QED) is 0.383. The Balaban J connectivity index is 1.57. The summed E-state index contributed by atoms with van der Waals surface area (Å²) in [5.74, 6) is -0.389. The summed E-state index contributed by atoms with van der Waals surface area (Å²) >= 11 is 0. The standard InChI is InChI=1S/C21H13F4NO2S/c22-17-3-1-2-14(10-17)15-6-9-18-19(11-15)28-20(26-18)29(27)12-13-4-7-16(8-5-13)21(23,24)25/h1-11H,12H2. The third-order valence-electron chi connectivity index (χ3n) is 4.30. The number of alkyl halides is 3. The van der Waals surface area contributed by atoms with Crippen LogP contribution < -0.4 is 0 Å². The summed E-state index contributed by atoms with van der Waals surface area (Å²) in [4.78, 5) is 4.20. The van der Waals surface area contributed by atoms with Crippen LogP contribution in [0.1, 0.15) is 11.1 Å². The van der Waals surface area contributed by atoms with Gasteiger partial charge in [-0.25, -0.2) is 13.6 Å². The van der Waals surface area contributed by atoms with Gasteiger partial charge >= 0.3 is 6.18 Å². The molecule has 1 unspecified atom stereocenters. The molecular weight excluding hydrogens is 406 g/mol. The molecule has 0 radical (unpaired) electrons. The van der Waals surface area contributed by atoms with Crippen LogP contribution in [0.25, 0.3) is 22.2 Å². The van der Waals surface area contributed by atoms with Gasteiger partial charge < -0.3 is 4.42 Å². The SMILES string of the molecule is O=S(Cc1ccc(C(F)(F)F)cc1)c1nc2ccc(-c3cccc(F)c3)cc2o1. The van der Waals surface area contributed by atoms with Gasteiger partial charge in [0.05, 0.1) is 11.3 Å². The van der Waals surface area contributed by atoms with E-state index in [0.29, 0.717) is 27.8 Å². The van der Waals surface area contributed by atoms with E-state index in [1.807, 2.05) is 0 Å². The first-order valence-electron chi connectivity index (χ1n) is 8.51. The van der Waals surface area contributed by atoms with E-state index in [2.05, 4.69) is 4.98 Å². The number of hydrogen-bond donors (Lipinski definition) is 0. The van der Waals surface area contributed by atoms with Crippen molar-refractivity contribution in [3.63, 3.8) is 0 Å². The monoisotopic (exact) mass is 419 g/mol. The predicted octanol–water partition coefficient (Wildman–Crippen LogP) is 5.96. The highest BCUT2D eigenvalue weighted by Gasteiger charge is 2.30. The number of aromatic nitrogens is 1. The topological polar surface area (TPSA) is 43.1 Å². The van der Waals surface area contributed by atoms with Gasteiger partial charge in [-0.2, -0.15) is 13.2 Å². The number of halogens is 4. The van der Waals surface area contributed by atoms with Crippen molar-refractivity contribution >= 4 is 21.9 Å². The average molecular weight is 419 g/mol. The molecule has 0 spiro atoms. The molecule has 8 heteroatoms. The van der Waals surface area contributed by atoms with Crippen molar-refractivity contribution < 1.29 is 26.2 Å². The van der Waals surface area contributed by atoms with E-state index in [1.54, 1.807) is 30.3 Å². The summed E-state index contributed by atoms with van der Waals surface area (Å²) in [6, 6.07) is 15.7. The maximum absolute atomic E-state index is 13.4. The van der Waals surface area contributed by atoms with Gasteiger partial charge in [0.25, 0.3) is 5.22 Å². The number of nitrogens with zero attached hydrogens (tertiary/aromatic N) is 1. The Labute approximate surface area is 165 Å². The van der Waals surface area contributed by atoms with E-state index in [9.17, 15) is 21.8 Å². The van der Waals surface area contributed by atoms with Crippen molar-refractivity contribution in [3.8, 4) is 11.1 Å². The molecular formula is C21H13F4NO2S. The minimum Gasteiger partial charge on any atom is -0.430 e. The number of benzene rings is 3. The molecule has 0 saturated heterocycles. The molecule has 0 aliphatic heterocycles. The second-order valence-corrected chi connectivity index (χ2v) is 7.69. The van der Waals surface area contributed by atoms with Gasteiger partial charge in [-0.15, -0.1) is 0 Å². The third kappa shape index (κ3) is 4.22. The summed E-state index contributed by atoms with van der Waals surface area (Å²) in [5, 5.41) is -0.0173. The molecule has 1 aromatic heterocycles. The van der Waals surface area contributed by atoms with E-state index in [4.69, 9.17) is 4.42 Å². The lowest BCUT2D eigenvalue weighted by Crippen LogP contribution is -2.05. The van der Waals surface area contributed by atoms with Crippen molar-refractivity contribution in [3.05, 3.63) is 83.7 Å². The van der Waals surface area contributed by atoms with E-state index in [1.165, 1.54) is 24.3 Å². The van der Waals surface area contributed by atoms with Crippen LogP contribution in [-0.4, -0.2) is 9.19 Å². The molecule has 148 valence electrons. The zero-order chi connectivity index (χ0) is 20.6. The molecule has 0 saturated carbocycles. The minimum atomic E-state index is -4.42. The second kappa shape index (κ2) is 7.44. The van der Waals surface area contributed by atoms with Crippen LogP contribution in [0.3, 0.4) is 0 Å². The molecule has 0 bridgehead atoms. The van der Waals surface area contributed by atoms with Crippen molar-refractivity contribution in [2.75, 3.05) is 0 Å². The molecule has 4 rings (SSSR count). The highest BCUT2D eigenvalue weighted by Crippen LogP contribution is 2.30. The highest BCUT2D eigenvalue weighted by atomic mass is 32.2. The molecule has 4 aromatic rings. The van der Waals surface area contributed by atoms with Crippen molar-refractivity contribution in [2.45, 2.75) is 17.2 Å². The average Bonchev–Trinajstić information content (AvgIpc) is 3.11. The number of rotatable bonds is 4. The van der Waals surface area contributed by atoms with Crippen LogP contribution in [0, 0.1) is 5.82 Å². The van der Waals surface area contributed by atoms with Gasteiger partial charge in [0.15, 0.2) is 5.58 Å². The third-order valence-corrected chi connectivity index (χ3v) is 5.46. The zero-order valence-corrected chi connectivity index (χ0v) is 15.6. The molecule has 3 aromatic carbocycles. The fourth-order valence-corrected chi connectivity index (χ4v) is 3.85. The minimum absolute atomic E-state index is 0.0173. The maximum Gasteiger partial charge on any atom is 0.416 e. The summed E-state index contributed by atoms with van der Waals surface area (Å²) in [6.45, 7) is 0. The second-order valence-electron chi connectivity index (χ2n) is 6.36. The van der Waals surface area contributed by atoms with Crippen molar-refractivity contribution in [1.29, 1.82) is 0 Å². The molecule has 29 heavy (non-hydrogen) atoms. The van der Waals surface area contributed by atoms with Crippen LogP contribution in [0.2, 0.25) is 0 Å². The zero-order valence-electron chi connectivity index (χ0n) is 14.7. The lowest BCUT2D eigenvalue weighted by Gasteiger charge is -2.06. The molecule has 0 aliphatic rings. The fourth-order valence-electron chi connectivity index (χ4n) is 2.85. The molecule has 1 heterocycles. The first-order chi connectivity index (χ1) is 13.8. The van der Waals surface area contributed by atoms with Crippen LogP contribution >= 0.6 is 0 Å². The highest BCUT2D eigenvalue weighted by molar-refractivity contribution is 7.84. The van der Waals surface area contributed by atoms with E-state index in [-0.39, 0.29) is 16.8 Å². The van der Waals surface area contributed by atoms with Gasteiger partial charge in [0.2, 0.25) is 0 Å². The largest absolute Gasteiger partial charge is 0.430 e. The number of fused-ring (bicyclic) bond motifs is 1. The Morgan fingerprint density at radius 2 is 1.66 bits per heavy atom. The number of oxazole rings is 1. The van der Waals surface area contributed by atoms with Crippen LogP contribution in [0.5, 0.6) is 0 Å². The van der Waals surface area contributed by atoms with Gasteiger partial charge in [-0.05, 0) is 53.1 Å². The van der Waals surface area contributed by atoms with Crippen molar-refractivity contribution in [1.82, 2.24) is 4.98 Å². The molecule has 0 fully saturated rings. The first-order valence-corrected chi connectivity index (χ1v) is 9.82. The molecule has 1 atom stereocenters. The normalized spacial score (nSPS) is 13.0. The summed E-state index contributed by atoms with van der Waals surface area (Å²) in [6.07, 6.45) is -4.42. The summed E-state index contributed by atoms with van der Waals surface area (Å²) in [7, 11) is -1.67. The maximum atomic E-state index is 13.4. The van der Waals surface area contributed by atoms with Gasteiger partial charge in [-0.3, -0.25) is 0 Å². The Kier molecular flexibility index (Phi) is 4.96. The van der Waals surface area contributed by atoms with Gasteiger partial charge in [-0.1, -0.05) is 30.3 Å². The predicted molar refractivity (Wildman–Crippen MR) is 101 cm³/mol. The van der Waals surface area contributed by atoms with Crippen molar-refractivity contribution in [2.24, 2.45) is 0 Å². The Morgan fingerprint density at radius 1 is 0.931 bits per heavy atom. The van der Waals surface area contributed by atoms with Crippen LogP contribution in [0.4, 0.5) is 17.6 Å². The van der Waals surface area contributed by atoms with E-state index < -0.39 is 22.5 Å². The summed E-state index contributed by atoms with van der Waals surface area (Å²) < 4.78 is 69.5. The Bertz CT molecular complexity index is 1200. The summed E-state index contributed by atoms with van der Waals surface area (Å²) in [5.41, 5.74) is 1.96. The first kappa shape index (κ1) is 19.3. The fraction of sp³-hybridized carbons (Fsp3) is 0.0952. The molecule has 0 amide bonds. The lowest BCUT2D eigenvalue weighted by molar-refractivity contribution is -0.137. The lowest BCUT2D eigenvalue weighted by atomic mass is 10.1. The molecule has 0 aliphatic carbocycles.